The number of nitrogens with zero attached hydrogens (tertiary/aromatic N) is 1. The van der Waals surface area contributed by atoms with Gasteiger partial charge in [0.05, 0.1) is 5.02 Å². The Morgan fingerprint density at radius 1 is 1.25 bits per heavy atom. The number of hydrogen-bond acceptors (Lipinski definition) is 3. The topological polar surface area (TPSA) is 54.6 Å². The van der Waals surface area contributed by atoms with Crippen LogP contribution in [0.25, 0.3) is 6.08 Å². The fourth-order valence-corrected chi connectivity index (χ4v) is 2.14. The Hall–Kier alpha value is -2.33. The number of nitrogens with one attached hydrogen (secondary N) is 1. The van der Waals surface area contributed by atoms with Gasteiger partial charge in [-0.05, 0) is 31.2 Å². The quantitative estimate of drug-likeness (QED) is 0.862. The van der Waals surface area contributed by atoms with E-state index in [0.717, 1.165) is 5.76 Å². The first-order chi connectivity index (χ1) is 9.63. The van der Waals surface area contributed by atoms with Crippen molar-refractivity contribution in [2.24, 2.45) is 4.99 Å². The molecule has 0 bridgehead atoms. The average molecular weight is 287 g/mol. The number of amides is 1. The van der Waals surface area contributed by atoms with Crippen molar-refractivity contribution in [3.63, 3.8) is 0 Å². The Morgan fingerprint density at radius 3 is 2.75 bits per heavy atom. The van der Waals surface area contributed by atoms with Crippen LogP contribution in [0.3, 0.4) is 0 Å². The molecule has 1 N–H and O–H groups in total. The Balaban J connectivity index is 1.97. The second kappa shape index (κ2) is 4.98. The first-order valence-corrected chi connectivity index (χ1v) is 6.44. The lowest BCUT2D eigenvalue weighted by Crippen LogP contribution is -2.24. The van der Waals surface area contributed by atoms with Crippen molar-refractivity contribution in [3.05, 3.63) is 64.2 Å². The van der Waals surface area contributed by atoms with Gasteiger partial charge in [0.2, 0.25) is 0 Å². The SMILES string of the molecule is Cc1ccc(C=C2N=C(c3ccccc3Cl)NC2=O)o1. The van der Waals surface area contributed by atoms with E-state index in [9.17, 15) is 4.79 Å². The molecule has 1 aliphatic rings. The highest BCUT2D eigenvalue weighted by atomic mass is 35.5. The number of halogens is 1. The number of benzene rings is 1. The first kappa shape index (κ1) is 12.7. The first-order valence-electron chi connectivity index (χ1n) is 6.06. The summed E-state index contributed by atoms with van der Waals surface area (Å²) in [6.07, 6.45) is 1.60. The van der Waals surface area contributed by atoms with E-state index in [1.807, 2.05) is 25.1 Å². The van der Waals surface area contributed by atoms with Crippen LogP contribution >= 0.6 is 11.6 Å². The van der Waals surface area contributed by atoms with Crippen molar-refractivity contribution >= 4 is 29.4 Å². The maximum Gasteiger partial charge on any atom is 0.275 e. The number of aryl methyl sites for hydroxylation is 1. The summed E-state index contributed by atoms with van der Waals surface area (Å²) >= 11 is 6.09. The summed E-state index contributed by atoms with van der Waals surface area (Å²) in [5.74, 6) is 1.56. The van der Waals surface area contributed by atoms with Crippen LogP contribution < -0.4 is 5.32 Å². The zero-order chi connectivity index (χ0) is 14.1. The third-order valence-electron chi connectivity index (χ3n) is 2.87. The normalized spacial score (nSPS) is 16.4. The van der Waals surface area contributed by atoms with Crippen molar-refractivity contribution in [1.29, 1.82) is 0 Å². The van der Waals surface area contributed by atoms with Gasteiger partial charge in [0.15, 0.2) is 0 Å². The van der Waals surface area contributed by atoms with Crippen molar-refractivity contribution in [3.8, 4) is 0 Å². The van der Waals surface area contributed by atoms with Gasteiger partial charge in [-0.3, -0.25) is 4.79 Å². The second-order valence-corrected chi connectivity index (χ2v) is 4.78. The average Bonchev–Trinajstić information content (AvgIpc) is 2.98. The molecule has 0 aliphatic carbocycles. The Kier molecular flexibility index (Phi) is 3.16. The molecule has 3 rings (SSSR count). The summed E-state index contributed by atoms with van der Waals surface area (Å²) in [6.45, 7) is 1.84. The third kappa shape index (κ3) is 2.38. The van der Waals surface area contributed by atoms with Gasteiger partial charge in [-0.2, -0.15) is 0 Å². The molecule has 1 aromatic carbocycles. The fraction of sp³-hybridized carbons (Fsp3) is 0.0667. The van der Waals surface area contributed by atoms with E-state index in [-0.39, 0.29) is 5.91 Å². The molecule has 4 nitrogen and oxygen atoms in total. The Labute approximate surface area is 120 Å². The summed E-state index contributed by atoms with van der Waals surface area (Å²) in [5, 5.41) is 3.25. The van der Waals surface area contributed by atoms with Gasteiger partial charge in [-0.15, -0.1) is 0 Å². The molecule has 0 saturated heterocycles. The molecule has 0 radical (unpaired) electrons. The highest BCUT2D eigenvalue weighted by Crippen LogP contribution is 2.20. The van der Waals surface area contributed by atoms with E-state index in [1.54, 1.807) is 24.3 Å². The molecule has 0 atom stereocenters. The van der Waals surface area contributed by atoms with Crippen molar-refractivity contribution in [1.82, 2.24) is 5.32 Å². The highest BCUT2D eigenvalue weighted by Gasteiger charge is 2.22. The molecule has 100 valence electrons. The maximum atomic E-state index is 11.9. The van der Waals surface area contributed by atoms with E-state index in [2.05, 4.69) is 10.3 Å². The molecule has 1 amide bonds. The van der Waals surface area contributed by atoms with Gasteiger partial charge in [-0.25, -0.2) is 4.99 Å². The minimum Gasteiger partial charge on any atom is -0.462 e. The summed E-state index contributed by atoms with van der Waals surface area (Å²) < 4.78 is 5.41. The minimum atomic E-state index is -0.269. The van der Waals surface area contributed by atoms with Gasteiger partial charge in [-0.1, -0.05) is 23.7 Å². The van der Waals surface area contributed by atoms with Gasteiger partial charge in [0.1, 0.15) is 23.1 Å². The maximum absolute atomic E-state index is 11.9. The summed E-state index contributed by atoms with van der Waals surface area (Å²) in [7, 11) is 0. The van der Waals surface area contributed by atoms with Crippen LogP contribution in [0.2, 0.25) is 5.02 Å². The third-order valence-corrected chi connectivity index (χ3v) is 3.20. The lowest BCUT2D eigenvalue weighted by Gasteiger charge is -2.01. The number of hydrogen-bond donors (Lipinski definition) is 1. The van der Waals surface area contributed by atoms with Crippen LogP contribution in [0.1, 0.15) is 17.1 Å². The van der Waals surface area contributed by atoms with E-state index in [1.165, 1.54) is 0 Å². The smallest absolute Gasteiger partial charge is 0.275 e. The Morgan fingerprint density at radius 2 is 2.05 bits per heavy atom. The predicted octanol–water partition coefficient (Wildman–Crippen LogP) is 3.16. The second-order valence-electron chi connectivity index (χ2n) is 4.37. The van der Waals surface area contributed by atoms with Gasteiger partial charge < -0.3 is 9.73 Å². The lowest BCUT2D eigenvalue weighted by molar-refractivity contribution is -0.115. The molecule has 20 heavy (non-hydrogen) atoms. The number of carbonyl (C=O) groups is 1. The molecule has 2 heterocycles. The molecule has 1 aromatic heterocycles. The van der Waals surface area contributed by atoms with E-state index in [4.69, 9.17) is 16.0 Å². The van der Waals surface area contributed by atoms with Crippen LogP contribution in [0, 0.1) is 6.92 Å². The van der Waals surface area contributed by atoms with Crippen molar-refractivity contribution < 1.29 is 9.21 Å². The molecule has 5 heteroatoms. The summed E-state index contributed by atoms with van der Waals surface area (Å²) in [5.41, 5.74) is 0.996. The number of aliphatic imine (C=N–C) groups is 1. The molecular weight excluding hydrogens is 276 g/mol. The van der Waals surface area contributed by atoms with Gasteiger partial charge in [0, 0.05) is 11.6 Å². The minimum absolute atomic E-state index is 0.269. The lowest BCUT2D eigenvalue weighted by atomic mass is 10.2. The molecule has 2 aromatic rings. The van der Waals surface area contributed by atoms with Crippen LogP contribution in [-0.2, 0) is 4.79 Å². The number of rotatable bonds is 2. The van der Waals surface area contributed by atoms with E-state index >= 15 is 0 Å². The van der Waals surface area contributed by atoms with Crippen LogP contribution in [0.4, 0.5) is 0 Å². The molecule has 0 unspecified atom stereocenters. The van der Waals surface area contributed by atoms with Gasteiger partial charge in [0.25, 0.3) is 5.91 Å². The van der Waals surface area contributed by atoms with E-state index in [0.29, 0.717) is 27.9 Å². The van der Waals surface area contributed by atoms with Crippen LogP contribution in [0.15, 0.2) is 51.5 Å². The predicted molar refractivity (Wildman–Crippen MR) is 77.6 cm³/mol. The summed E-state index contributed by atoms with van der Waals surface area (Å²) in [4.78, 5) is 16.2. The molecule has 0 saturated carbocycles. The van der Waals surface area contributed by atoms with Crippen LogP contribution in [-0.4, -0.2) is 11.7 Å². The van der Waals surface area contributed by atoms with Crippen molar-refractivity contribution in [2.45, 2.75) is 6.92 Å². The summed E-state index contributed by atoms with van der Waals surface area (Å²) in [6, 6.07) is 10.8. The Bertz CT molecular complexity index is 744. The van der Waals surface area contributed by atoms with Gasteiger partial charge >= 0.3 is 0 Å². The van der Waals surface area contributed by atoms with E-state index < -0.39 is 0 Å². The standard InChI is InChI=1S/C15H11ClN2O2/c1-9-6-7-10(20-9)8-13-15(19)18-14(17-13)11-4-2-3-5-12(11)16/h2-8H,1H3,(H,17,18,19). The fourth-order valence-electron chi connectivity index (χ4n) is 1.92. The van der Waals surface area contributed by atoms with Crippen molar-refractivity contribution in [2.75, 3.05) is 0 Å². The molecule has 1 aliphatic heterocycles. The zero-order valence-corrected chi connectivity index (χ0v) is 11.4. The largest absolute Gasteiger partial charge is 0.462 e. The molecule has 0 spiro atoms. The molecular formula is C15H11ClN2O2. The number of amidine groups is 1. The number of carbonyl (C=O) groups excluding carboxylic acids is 1. The molecule has 0 fully saturated rings. The number of furan rings is 1. The highest BCUT2D eigenvalue weighted by molar-refractivity contribution is 6.35. The zero-order valence-electron chi connectivity index (χ0n) is 10.7. The monoisotopic (exact) mass is 286 g/mol. The van der Waals surface area contributed by atoms with Crippen LogP contribution in [0.5, 0.6) is 0 Å².